The Hall–Kier alpha value is -1.40. The highest BCUT2D eigenvalue weighted by atomic mass is 32.1. The van der Waals surface area contributed by atoms with Gasteiger partial charge in [0.05, 0.1) is 16.5 Å². The molecule has 1 amide bonds. The quantitative estimate of drug-likeness (QED) is 0.761. The molecule has 0 saturated carbocycles. The van der Waals surface area contributed by atoms with E-state index in [1.165, 1.54) is 11.3 Å². The van der Waals surface area contributed by atoms with Crippen molar-refractivity contribution in [2.75, 3.05) is 13.2 Å². The zero-order chi connectivity index (χ0) is 18.1. The number of ether oxygens (including phenoxy) is 2. The van der Waals surface area contributed by atoms with Crippen LogP contribution in [-0.2, 0) is 15.9 Å². The highest BCUT2D eigenvalue weighted by Gasteiger charge is 2.44. The Kier molecular flexibility index (Phi) is 5.40. The van der Waals surface area contributed by atoms with E-state index in [1.807, 2.05) is 47.6 Å². The molecule has 0 radical (unpaired) electrons. The van der Waals surface area contributed by atoms with Crippen LogP contribution in [-0.4, -0.2) is 41.6 Å². The molecule has 0 spiro atoms. The van der Waals surface area contributed by atoms with Crippen LogP contribution < -0.4 is 0 Å². The van der Waals surface area contributed by atoms with Gasteiger partial charge < -0.3 is 9.47 Å². The van der Waals surface area contributed by atoms with Gasteiger partial charge >= 0.3 is 6.09 Å². The number of hydrogen-bond donors (Lipinski definition) is 0. The Bertz CT molecular complexity index is 615. The molecule has 0 aliphatic carbocycles. The van der Waals surface area contributed by atoms with Crippen molar-refractivity contribution in [2.24, 2.45) is 0 Å². The topological polar surface area (TPSA) is 55.8 Å². The van der Waals surface area contributed by atoms with Gasteiger partial charge in [-0.1, -0.05) is 0 Å². The lowest BCUT2D eigenvalue weighted by Crippen LogP contribution is -2.51. The number of thiophene rings is 1. The van der Waals surface area contributed by atoms with Gasteiger partial charge in [-0.2, -0.15) is 0 Å². The molecule has 1 aliphatic heterocycles. The summed E-state index contributed by atoms with van der Waals surface area (Å²) in [7, 11) is 0. The first-order valence-electron chi connectivity index (χ1n) is 8.30. The molecule has 1 aliphatic rings. The van der Waals surface area contributed by atoms with Gasteiger partial charge in [0.15, 0.2) is 6.29 Å². The smallest absolute Gasteiger partial charge is 0.410 e. The number of nitrogens with zero attached hydrogens (tertiary/aromatic N) is 1. The predicted molar refractivity (Wildman–Crippen MR) is 94.8 cm³/mol. The Morgan fingerprint density at radius 1 is 1.38 bits per heavy atom. The number of carbonyl (C=O) groups is 2. The summed E-state index contributed by atoms with van der Waals surface area (Å²) in [6.45, 7) is 12.6. The second-order valence-corrected chi connectivity index (χ2v) is 8.63. The lowest BCUT2D eigenvalue weighted by molar-refractivity contribution is -0.0810. The largest absolute Gasteiger partial charge is 0.444 e. The Labute approximate surface area is 147 Å². The Morgan fingerprint density at radius 3 is 2.58 bits per heavy atom. The van der Waals surface area contributed by atoms with Crippen molar-refractivity contribution in [2.45, 2.75) is 65.2 Å². The van der Waals surface area contributed by atoms with Crippen LogP contribution in [0.25, 0.3) is 0 Å². The van der Waals surface area contributed by atoms with Crippen molar-refractivity contribution < 1.29 is 19.1 Å². The van der Waals surface area contributed by atoms with E-state index in [2.05, 4.69) is 0 Å². The summed E-state index contributed by atoms with van der Waals surface area (Å²) < 4.78 is 11.5. The van der Waals surface area contributed by atoms with E-state index in [0.717, 1.165) is 23.1 Å². The molecular weight excluding hydrogens is 326 g/mol. The number of fused-ring (bicyclic) bond motifs is 1. The van der Waals surface area contributed by atoms with Gasteiger partial charge in [-0.05, 0) is 59.6 Å². The Balaban J connectivity index is 2.43. The minimum absolute atomic E-state index is 0.269. The highest BCUT2D eigenvalue weighted by molar-refractivity contribution is 7.13. The molecule has 1 aromatic heterocycles. The zero-order valence-corrected chi connectivity index (χ0v) is 16.2. The van der Waals surface area contributed by atoms with Crippen molar-refractivity contribution in [1.29, 1.82) is 0 Å². The third-order valence-corrected chi connectivity index (χ3v) is 5.12. The summed E-state index contributed by atoms with van der Waals surface area (Å²) >= 11 is 1.44. The van der Waals surface area contributed by atoms with Gasteiger partial charge in [0.2, 0.25) is 0 Å². The second kappa shape index (κ2) is 6.84. The molecule has 5 nitrogen and oxygen atoms in total. The van der Waals surface area contributed by atoms with Crippen LogP contribution in [0.5, 0.6) is 0 Å². The zero-order valence-electron chi connectivity index (χ0n) is 15.3. The maximum Gasteiger partial charge on any atom is 0.410 e. The molecule has 0 fully saturated rings. The number of rotatable bonds is 4. The monoisotopic (exact) mass is 353 g/mol. The summed E-state index contributed by atoms with van der Waals surface area (Å²) in [5, 5.41) is 0. The standard InChI is InChI=1S/C18H27NO4S/c1-7-22-18(5,6)15-14-12(10-13(11-20)24-14)8-9-19(15)16(21)23-17(2,3)4/h10-11,15H,7-9H2,1-6H3. The molecule has 0 aromatic carbocycles. The van der Waals surface area contributed by atoms with E-state index < -0.39 is 11.2 Å². The normalized spacial score (nSPS) is 18.2. The maximum atomic E-state index is 12.7. The molecule has 24 heavy (non-hydrogen) atoms. The third-order valence-electron chi connectivity index (χ3n) is 3.96. The molecule has 0 bridgehead atoms. The lowest BCUT2D eigenvalue weighted by Gasteiger charge is -2.44. The Morgan fingerprint density at radius 2 is 2.04 bits per heavy atom. The van der Waals surface area contributed by atoms with E-state index in [-0.39, 0.29) is 12.1 Å². The first kappa shape index (κ1) is 18.9. The highest BCUT2D eigenvalue weighted by Crippen LogP contribution is 2.43. The van der Waals surface area contributed by atoms with E-state index in [4.69, 9.17) is 9.47 Å². The number of carbonyl (C=O) groups excluding carboxylic acids is 2. The molecule has 0 N–H and O–H groups in total. The van der Waals surface area contributed by atoms with Crippen LogP contribution in [0.2, 0.25) is 0 Å². The van der Waals surface area contributed by atoms with Crippen LogP contribution in [0, 0.1) is 0 Å². The molecule has 2 rings (SSSR count). The van der Waals surface area contributed by atoms with Gasteiger partial charge in [-0.25, -0.2) is 4.79 Å². The first-order valence-corrected chi connectivity index (χ1v) is 9.12. The van der Waals surface area contributed by atoms with Gasteiger partial charge in [-0.15, -0.1) is 11.3 Å². The fraction of sp³-hybridized carbons (Fsp3) is 0.667. The average Bonchev–Trinajstić information content (AvgIpc) is 2.86. The molecule has 1 atom stereocenters. The third kappa shape index (κ3) is 3.98. The van der Waals surface area contributed by atoms with Crippen molar-refractivity contribution in [3.63, 3.8) is 0 Å². The summed E-state index contributed by atoms with van der Waals surface area (Å²) in [6.07, 6.45) is 1.25. The minimum atomic E-state index is -0.578. The van der Waals surface area contributed by atoms with Crippen LogP contribution in [0.3, 0.4) is 0 Å². The SMILES string of the molecule is CCOC(C)(C)C1c2sc(C=O)cc2CCN1C(=O)OC(C)(C)C. The van der Waals surface area contributed by atoms with E-state index in [0.29, 0.717) is 18.0 Å². The van der Waals surface area contributed by atoms with Gasteiger partial charge in [0.25, 0.3) is 0 Å². The fourth-order valence-corrected chi connectivity index (χ4v) is 4.44. The lowest BCUT2D eigenvalue weighted by atomic mass is 9.89. The molecule has 1 unspecified atom stereocenters. The fourth-order valence-electron chi connectivity index (χ4n) is 3.12. The van der Waals surface area contributed by atoms with E-state index >= 15 is 0 Å². The average molecular weight is 353 g/mol. The first-order chi connectivity index (χ1) is 11.1. The molecular formula is C18H27NO4S. The van der Waals surface area contributed by atoms with E-state index in [1.54, 1.807) is 4.90 Å². The number of amides is 1. The molecule has 134 valence electrons. The van der Waals surface area contributed by atoms with Crippen LogP contribution in [0.15, 0.2) is 6.07 Å². The van der Waals surface area contributed by atoms with Gasteiger partial charge in [-0.3, -0.25) is 9.69 Å². The van der Waals surface area contributed by atoms with Crippen LogP contribution in [0.1, 0.15) is 67.7 Å². The summed E-state index contributed by atoms with van der Waals surface area (Å²) in [5.74, 6) is 0. The minimum Gasteiger partial charge on any atom is -0.444 e. The molecule has 2 heterocycles. The van der Waals surface area contributed by atoms with Crippen LogP contribution in [0.4, 0.5) is 4.79 Å². The van der Waals surface area contributed by atoms with Gasteiger partial charge in [0.1, 0.15) is 5.60 Å². The number of hydrogen-bond acceptors (Lipinski definition) is 5. The summed E-state index contributed by atoms with van der Waals surface area (Å²) in [5.41, 5.74) is -0.00733. The number of aldehydes is 1. The van der Waals surface area contributed by atoms with Crippen molar-refractivity contribution in [1.82, 2.24) is 4.90 Å². The van der Waals surface area contributed by atoms with Crippen molar-refractivity contribution >= 4 is 23.7 Å². The van der Waals surface area contributed by atoms with Crippen molar-refractivity contribution in [3.8, 4) is 0 Å². The summed E-state index contributed by atoms with van der Waals surface area (Å²) in [6, 6.07) is 1.66. The predicted octanol–water partition coefficient (Wildman–Crippen LogP) is 4.21. The van der Waals surface area contributed by atoms with Crippen LogP contribution >= 0.6 is 11.3 Å². The van der Waals surface area contributed by atoms with Crippen molar-refractivity contribution in [3.05, 3.63) is 21.4 Å². The molecule has 6 heteroatoms. The van der Waals surface area contributed by atoms with E-state index in [9.17, 15) is 9.59 Å². The molecule has 0 saturated heterocycles. The second-order valence-electron chi connectivity index (χ2n) is 7.52. The maximum absolute atomic E-state index is 12.7. The van der Waals surface area contributed by atoms with Gasteiger partial charge in [0, 0.05) is 18.0 Å². The molecule has 1 aromatic rings. The summed E-state index contributed by atoms with van der Waals surface area (Å²) in [4.78, 5) is 27.4.